The van der Waals surface area contributed by atoms with Crippen molar-refractivity contribution in [2.24, 2.45) is 5.92 Å². The Labute approximate surface area is 174 Å². The number of rotatable bonds is 6. The molecule has 3 aromatic rings. The number of halogens is 1. The lowest BCUT2D eigenvalue weighted by molar-refractivity contribution is -0.153. The van der Waals surface area contributed by atoms with Gasteiger partial charge in [-0.3, -0.25) is 14.5 Å². The fourth-order valence-corrected chi connectivity index (χ4v) is 4.04. The molecular weight excluding hydrogens is 385 g/mol. The van der Waals surface area contributed by atoms with E-state index in [1.165, 1.54) is 12.1 Å². The largest absolute Gasteiger partial charge is 0.465 e. The molecule has 0 N–H and O–H groups in total. The molecule has 0 saturated carbocycles. The molecule has 0 fully saturated rings. The van der Waals surface area contributed by atoms with E-state index < -0.39 is 17.9 Å². The molecular formula is C23H24FN3O3. The van der Waals surface area contributed by atoms with Crippen molar-refractivity contribution in [1.82, 2.24) is 9.55 Å². The zero-order valence-electron chi connectivity index (χ0n) is 17.0. The Bertz CT molecular complexity index is 1080. The molecule has 6 nitrogen and oxygen atoms in total. The minimum atomic E-state index is -1.07. The molecule has 2 atom stereocenters. The number of esters is 1. The molecule has 0 bridgehead atoms. The summed E-state index contributed by atoms with van der Waals surface area (Å²) in [4.78, 5) is 32.8. The molecule has 0 unspecified atom stereocenters. The Morgan fingerprint density at radius 3 is 2.57 bits per heavy atom. The molecule has 2 aromatic carbocycles. The number of para-hydroxylation sites is 2. The van der Waals surface area contributed by atoms with Gasteiger partial charge in [0, 0.05) is 6.54 Å². The maximum atomic E-state index is 13.6. The number of ether oxygens (including phenoxy) is 1. The Morgan fingerprint density at radius 1 is 1.13 bits per heavy atom. The summed E-state index contributed by atoms with van der Waals surface area (Å²) in [5, 5.41) is 0. The van der Waals surface area contributed by atoms with Crippen LogP contribution in [0.5, 0.6) is 0 Å². The standard InChI is InChI=1S/C23H24FN3O3/c1-3-5-14-26-21(28)19(22(29)30-4-2)20(15-10-12-16(24)13-11-15)27-18-9-7-6-8-17(18)25-23(26)27/h6-13,19-20H,3-5,14H2,1-2H3/t19-,20-/m1/s1. The van der Waals surface area contributed by atoms with Crippen LogP contribution in [0.1, 0.15) is 38.3 Å². The number of fused-ring (bicyclic) bond motifs is 3. The van der Waals surface area contributed by atoms with Crippen molar-refractivity contribution in [3.05, 3.63) is 59.9 Å². The summed E-state index contributed by atoms with van der Waals surface area (Å²) < 4.78 is 20.8. The van der Waals surface area contributed by atoms with E-state index in [1.807, 2.05) is 35.8 Å². The van der Waals surface area contributed by atoms with Crippen molar-refractivity contribution in [2.45, 2.75) is 32.7 Å². The topological polar surface area (TPSA) is 64.4 Å². The number of carbonyl (C=O) groups is 2. The second-order valence-corrected chi connectivity index (χ2v) is 7.34. The molecule has 0 spiro atoms. The number of amides is 1. The normalized spacial score (nSPS) is 18.5. The highest BCUT2D eigenvalue weighted by molar-refractivity contribution is 6.08. The number of benzene rings is 2. The van der Waals surface area contributed by atoms with Gasteiger partial charge in [-0.2, -0.15) is 0 Å². The van der Waals surface area contributed by atoms with Gasteiger partial charge < -0.3 is 9.30 Å². The first-order valence-electron chi connectivity index (χ1n) is 10.3. The van der Waals surface area contributed by atoms with E-state index in [0.717, 1.165) is 23.9 Å². The van der Waals surface area contributed by atoms with E-state index in [4.69, 9.17) is 9.72 Å². The number of unbranched alkanes of at least 4 members (excludes halogenated alkanes) is 1. The average molecular weight is 409 g/mol. The number of carbonyl (C=O) groups excluding carboxylic acids is 2. The van der Waals surface area contributed by atoms with Gasteiger partial charge in [0.15, 0.2) is 5.92 Å². The number of anilines is 1. The van der Waals surface area contributed by atoms with Crippen LogP contribution in [0.3, 0.4) is 0 Å². The third kappa shape index (κ3) is 3.34. The van der Waals surface area contributed by atoms with Crippen LogP contribution in [0.4, 0.5) is 10.3 Å². The second kappa shape index (κ2) is 8.26. The summed E-state index contributed by atoms with van der Waals surface area (Å²) in [6, 6.07) is 12.8. The molecule has 0 saturated heterocycles. The lowest BCUT2D eigenvalue weighted by Gasteiger charge is -2.38. The van der Waals surface area contributed by atoms with Crippen molar-refractivity contribution >= 4 is 28.9 Å². The second-order valence-electron chi connectivity index (χ2n) is 7.34. The summed E-state index contributed by atoms with van der Waals surface area (Å²) in [6.07, 6.45) is 1.68. The molecule has 0 aliphatic carbocycles. The summed E-state index contributed by atoms with van der Waals surface area (Å²) in [5.41, 5.74) is 2.20. The van der Waals surface area contributed by atoms with Crippen molar-refractivity contribution < 1.29 is 18.7 Å². The van der Waals surface area contributed by atoms with Gasteiger partial charge in [0.1, 0.15) is 5.82 Å². The van der Waals surface area contributed by atoms with E-state index in [-0.39, 0.29) is 18.3 Å². The maximum absolute atomic E-state index is 13.6. The minimum Gasteiger partial charge on any atom is -0.465 e. The van der Waals surface area contributed by atoms with Gasteiger partial charge in [-0.1, -0.05) is 37.6 Å². The number of aromatic nitrogens is 2. The summed E-state index contributed by atoms with van der Waals surface area (Å²) >= 11 is 0. The highest BCUT2D eigenvalue weighted by Gasteiger charge is 2.47. The Morgan fingerprint density at radius 2 is 1.87 bits per heavy atom. The molecule has 1 amide bonds. The Kier molecular flexibility index (Phi) is 5.53. The van der Waals surface area contributed by atoms with Gasteiger partial charge in [-0.15, -0.1) is 0 Å². The highest BCUT2D eigenvalue weighted by atomic mass is 19.1. The Hall–Kier alpha value is -3.22. The van der Waals surface area contributed by atoms with Crippen molar-refractivity contribution in [3.8, 4) is 0 Å². The number of imidazole rings is 1. The monoisotopic (exact) mass is 409 g/mol. The molecule has 1 aliphatic heterocycles. The zero-order chi connectivity index (χ0) is 21.3. The van der Waals surface area contributed by atoms with Crippen LogP contribution in [0.2, 0.25) is 0 Å². The van der Waals surface area contributed by atoms with Gasteiger partial charge in [-0.05, 0) is 43.2 Å². The number of hydrogen-bond acceptors (Lipinski definition) is 4. The van der Waals surface area contributed by atoms with E-state index in [2.05, 4.69) is 0 Å². The molecule has 7 heteroatoms. The number of hydrogen-bond donors (Lipinski definition) is 0. The van der Waals surface area contributed by atoms with E-state index in [1.54, 1.807) is 24.0 Å². The van der Waals surface area contributed by atoms with Gasteiger partial charge in [0.25, 0.3) is 0 Å². The SMILES string of the molecule is CCCCN1C(=O)[C@H](C(=O)OCC)[C@@H](c2ccc(F)cc2)n2c1nc1ccccc12. The lowest BCUT2D eigenvalue weighted by Crippen LogP contribution is -2.50. The van der Waals surface area contributed by atoms with Crippen LogP contribution in [0, 0.1) is 11.7 Å². The summed E-state index contributed by atoms with van der Waals surface area (Å²) in [7, 11) is 0. The van der Waals surface area contributed by atoms with E-state index in [9.17, 15) is 14.0 Å². The van der Waals surface area contributed by atoms with Crippen LogP contribution in [0.25, 0.3) is 11.0 Å². The van der Waals surface area contributed by atoms with Crippen LogP contribution in [-0.4, -0.2) is 34.6 Å². The van der Waals surface area contributed by atoms with Crippen LogP contribution in [-0.2, 0) is 14.3 Å². The maximum Gasteiger partial charge on any atom is 0.321 e. The summed E-state index contributed by atoms with van der Waals surface area (Å²) in [5.74, 6) is -1.86. The fraction of sp³-hybridized carbons (Fsp3) is 0.348. The first-order valence-corrected chi connectivity index (χ1v) is 10.3. The van der Waals surface area contributed by atoms with Crippen molar-refractivity contribution in [1.29, 1.82) is 0 Å². The molecule has 1 aromatic heterocycles. The highest BCUT2D eigenvalue weighted by Crippen LogP contribution is 2.41. The van der Waals surface area contributed by atoms with Gasteiger partial charge in [-0.25, -0.2) is 9.37 Å². The van der Waals surface area contributed by atoms with Crippen molar-refractivity contribution in [2.75, 3.05) is 18.1 Å². The zero-order valence-corrected chi connectivity index (χ0v) is 17.0. The molecule has 156 valence electrons. The predicted octanol–water partition coefficient (Wildman–Crippen LogP) is 4.09. The van der Waals surface area contributed by atoms with Gasteiger partial charge in [0.05, 0.1) is 23.7 Å². The predicted molar refractivity (Wildman–Crippen MR) is 112 cm³/mol. The molecule has 0 radical (unpaired) electrons. The fourth-order valence-electron chi connectivity index (χ4n) is 4.04. The number of nitrogens with zero attached hydrogens (tertiary/aromatic N) is 3. The van der Waals surface area contributed by atoms with E-state index in [0.29, 0.717) is 18.1 Å². The molecule has 4 rings (SSSR count). The van der Waals surface area contributed by atoms with Crippen LogP contribution < -0.4 is 4.90 Å². The molecule has 2 heterocycles. The van der Waals surface area contributed by atoms with Crippen LogP contribution in [0.15, 0.2) is 48.5 Å². The first-order chi connectivity index (χ1) is 14.6. The summed E-state index contributed by atoms with van der Waals surface area (Å²) in [6.45, 7) is 4.39. The van der Waals surface area contributed by atoms with Crippen molar-refractivity contribution in [3.63, 3.8) is 0 Å². The van der Waals surface area contributed by atoms with Gasteiger partial charge in [0.2, 0.25) is 11.9 Å². The van der Waals surface area contributed by atoms with E-state index >= 15 is 0 Å². The third-order valence-electron chi connectivity index (χ3n) is 5.43. The average Bonchev–Trinajstić information content (AvgIpc) is 3.12. The van der Waals surface area contributed by atoms with Crippen LogP contribution >= 0.6 is 0 Å². The van der Waals surface area contributed by atoms with Gasteiger partial charge >= 0.3 is 5.97 Å². The third-order valence-corrected chi connectivity index (χ3v) is 5.43. The molecule has 30 heavy (non-hydrogen) atoms. The first kappa shape index (κ1) is 20.1. The quantitative estimate of drug-likeness (QED) is 0.454. The Balaban J connectivity index is 1.97. The minimum absolute atomic E-state index is 0.172. The smallest absolute Gasteiger partial charge is 0.321 e. The lowest BCUT2D eigenvalue weighted by atomic mass is 9.89. The molecule has 1 aliphatic rings.